The highest BCUT2D eigenvalue weighted by Gasteiger charge is 2.35. The van der Waals surface area contributed by atoms with Gasteiger partial charge < -0.3 is 4.90 Å². The van der Waals surface area contributed by atoms with Crippen molar-refractivity contribution in [1.29, 1.82) is 0 Å². The van der Waals surface area contributed by atoms with E-state index < -0.39 is 26.7 Å². The maximum Gasteiger partial charge on any atom is 0.416 e. The fraction of sp³-hybridized carbons (Fsp3) is 0.200. The lowest BCUT2D eigenvalue weighted by molar-refractivity contribution is -0.137. The molecular weight excluding hydrogens is 513 g/mol. The summed E-state index contributed by atoms with van der Waals surface area (Å²) in [7, 11) is -4.21. The second kappa shape index (κ2) is 9.34. The van der Waals surface area contributed by atoms with Crippen molar-refractivity contribution in [2.24, 2.45) is 0 Å². The normalized spacial score (nSPS) is 15.4. The number of benzene rings is 3. The Morgan fingerprint density at radius 1 is 0.833 bits per heavy atom. The molecule has 5 rings (SSSR count). The van der Waals surface area contributed by atoms with Crippen LogP contribution in [0.3, 0.4) is 0 Å². The summed E-state index contributed by atoms with van der Waals surface area (Å²) in [5, 5.41) is 10.6. The zero-order valence-corrected chi connectivity index (χ0v) is 20.4. The third kappa shape index (κ3) is 4.63. The zero-order chi connectivity index (χ0) is 25.5. The highest BCUT2D eigenvalue weighted by molar-refractivity contribution is 7.89. The first kappa shape index (κ1) is 24.5. The van der Waals surface area contributed by atoms with Gasteiger partial charge in [0, 0.05) is 31.7 Å². The summed E-state index contributed by atoms with van der Waals surface area (Å²) < 4.78 is 66.6. The molecule has 1 fully saturated rings. The van der Waals surface area contributed by atoms with Crippen molar-refractivity contribution in [3.63, 3.8) is 0 Å². The van der Waals surface area contributed by atoms with E-state index >= 15 is 0 Å². The van der Waals surface area contributed by atoms with E-state index in [1.165, 1.54) is 0 Å². The number of anilines is 1. The molecule has 2 heterocycles. The molecule has 6 nitrogen and oxygen atoms in total. The summed E-state index contributed by atoms with van der Waals surface area (Å²) in [6, 6.07) is 20.0. The predicted octanol–water partition coefficient (Wildman–Crippen LogP) is 5.48. The number of fused-ring (bicyclic) bond motifs is 1. The first-order valence-corrected chi connectivity index (χ1v) is 12.9. The van der Waals surface area contributed by atoms with Gasteiger partial charge in [-0.15, -0.1) is 10.2 Å². The summed E-state index contributed by atoms with van der Waals surface area (Å²) in [6.45, 7) is 0.750. The van der Waals surface area contributed by atoms with Crippen molar-refractivity contribution in [3.05, 3.63) is 83.4 Å². The smallest absolute Gasteiger partial charge is 0.352 e. The van der Waals surface area contributed by atoms with Crippen LogP contribution in [0.25, 0.3) is 22.0 Å². The van der Waals surface area contributed by atoms with Gasteiger partial charge in [-0.05, 0) is 41.1 Å². The maximum atomic E-state index is 13.1. The number of rotatable bonds is 4. The largest absolute Gasteiger partial charge is 0.416 e. The average molecular weight is 533 g/mol. The van der Waals surface area contributed by atoms with E-state index in [2.05, 4.69) is 10.2 Å². The molecule has 0 amide bonds. The molecule has 3 aromatic carbocycles. The van der Waals surface area contributed by atoms with Crippen LogP contribution in [0.15, 0.2) is 77.7 Å². The standard InChI is InChI=1S/C25H20ClF3N4O2S/c26-21-9-8-18(25(27,28)29)16-23(21)36(34,35)33-14-12-32(13-15-33)24-11-10-22(30-31-24)20-7-3-5-17-4-1-2-6-19(17)20/h1-11,16H,12-15H2. The van der Waals surface area contributed by atoms with Crippen LogP contribution < -0.4 is 4.90 Å². The van der Waals surface area contributed by atoms with Crippen LogP contribution in [0, 0.1) is 0 Å². The second-order valence-electron chi connectivity index (χ2n) is 8.34. The highest BCUT2D eigenvalue weighted by Crippen LogP contribution is 2.35. The van der Waals surface area contributed by atoms with Crippen molar-refractivity contribution in [3.8, 4) is 11.3 Å². The Morgan fingerprint density at radius 2 is 1.56 bits per heavy atom. The molecule has 186 valence electrons. The van der Waals surface area contributed by atoms with E-state index in [0.717, 1.165) is 38.5 Å². The van der Waals surface area contributed by atoms with Gasteiger partial charge in [0.15, 0.2) is 5.82 Å². The van der Waals surface area contributed by atoms with Crippen molar-refractivity contribution in [2.45, 2.75) is 11.1 Å². The summed E-state index contributed by atoms with van der Waals surface area (Å²) >= 11 is 5.97. The fourth-order valence-corrected chi connectivity index (χ4v) is 6.18. The molecule has 4 aromatic rings. The third-order valence-corrected chi connectivity index (χ3v) is 8.54. The van der Waals surface area contributed by atoms with Gasteiger partial charge in [-0.2, -0.15) is 17.5 Å². The topological polar surface area (TPSA) is 66.4 Å². The number of sulfonamides is 1. The summed E-state index contributed by atoms with van der Waals surface area (Å²) in [5.74, 6) is 0.591. The quantitative estimate of drug-likeness (QED) is 0.348. The molecular formula is C25H20ClF3N4O2S. The maximum absolute atomic E-state index is 13.1. The molecule has 1 saturated heterocycles. The Hall–Kier alpha value is -3.21. The molecule has 0 saturated carbocycles. The van der Waals surface area contributed by atoms with Gasteiger partial charge in [0.1, 0.15) is 4.90 Å². The van der Waals surface area contributed by atoms with Crippen molar-refractivity contribution in [1.82, 2.24) is 14.5 Å². The van der Waals surface area contributed by atoms with Gasteiger partial charge >= 0.3 is 6.18 Å². The summed E-state index contributed by atoms with van der Waals surface area (Å²) in [4.78, 5) is 1.34. The lowest BCUT2D eigenvalue weighted by Crippen LogP contribution is -2.49. The lowest BCUT2D eigenvalue weighted by Gasteiger charge is -2.34. The minimum absolute atomic E-state index is 0.0711. The molecule has 0 aliphatic carbocycles. The monoisotopic (exact) mass is 532 g/mol. The average Bonchev–Trinajstić information content (AvgIpc) is 2.88. The van der Waals surface area contributed by atoms with Crippen LogP contribution in [0.4, 0.5) is 19.0 Å². The number of halogens is 4. The minimum atomic E-state index is -4.68. The Balaban J connectivity index is 1.32. The molecule has 0 radical (unpaired) electrons. The van der Waals surface area contributed by atoms with Crippen LogP contribution in [-0.4, -0.2) is 49.1 Å². The van der Waals surface area contributed by atoms with E-state index in [1.807, 2.05) is 59.5 Å². The molecule has 0 bridgehead atoms. The molecule has 1 aliphatic heterocycles. The first-order valence-electron chi connectivity index (χ1n) is 11.1. The van der Waals surface area contributed by atoms with E-state index in [4.69, 9.17) is 11.6 Å². The SMILES string of the molecule is O=S(=O)(c1cc(C(F)(F)F)ccc1Cl)N1CCN(c2ccc(-c3cccc4ccccc34)nn2)CC1. The molecule has 1 aromatic heterocycles. The molecule has 0 spiro atoms. The molecule has 36 heavy (non-hydrogen) atoms. The summed E-state index contributed by atoms with van der Waals surface area (Å²) in [6.07, 6.45) is -4.68. The zero-order valence-electron chi connectivity index (χ0n) is 18.8. The minimum Gasteiger partial charge on any atom is -0.352 e. The van der Waals surface area contributed by atoms with Crippen molar-refractivity contribution >= 4 is 38.2 Å². The van der Waals surface area contributed by atoms with Crippen LogP contribution in [-0.2, 0) is 16.2 Å². The van der Waals surface area contributed by atoms with Gasteiger partial charge in [-0.25, -0.2) is 8.42 Å². The van der Waals surface area contributed by atoms with E-state index in [1.54, 1.807) is 0 Å². The van der Waals surface area contributed by atoms with Crippen molar-refractivity contribution in [2.75, 3.05) is 31.1 Å². The molecule has 0 unspecified atom stereocenters. The van der Waals surface area contributed by atoms with Crippen molar-refractivity contribution < 1.29 is 21.6 Å². The third-order valence-electron chi connectivity index (χ3n) is 6.16. The van der Waals surface area contributed by atoms with E-state index in [9.17, 15) is 21.6 Å². The van der Waals surface area contributed by atoms with E-state index in [0.29, 0.717) is 25.0 Å². The van der Waals surface area contributed by atoms with Crippen LogP contribution in [0.5, 0.6) is 0 Å². The van der Waals surface area contributed by atoms with Gasteiger partial charge in [0.25, 0.3) is 0 Å². The number of nitrogens with zero attached hydrogens (tertiary/aromatic N) is 4. The van der Waals surface area contributed by atoms with Gasteiger partial charge in [-0.1, -0.05) is 54.1 Å². The van der Waals surface area contributed by atoms with Crippen LogP contribution in [0.1, 0.15) is 5.56 Å². The number of hydrogen-bond donors (Lipinski definition) is 0. The van der Waals surface area contributed by atoms with Crippen LogP contribution in [0.2, 0.25) is 5.02 Å². The molecule has 1 aliphatic rings. The highest BCUT2D eigenvalue weighted by atomic mass is 35.5. The number of piperazine rings is 1. The fourth-order valence-electron chi connectivity index (χ4n) is 4.26. The Morgan fingerprint density at radius 3 is 2.25 bits per heavy atom. The lowest BCUT2D eigenvalue weighted by atomic mass is 10.0. The Kier molecular flexibility index (Phi) is 6.36. The van der Waals surface area contributed by atoms with Gasteiger partial charge in [0.05, 0.1) is 16.3 Å². The Bertz CT molecular complexity index is 1520. The van der Waals surface area contributed by atoms with Gasteiger partial charge in [0.2, 0.25) is 10.0 Å². The Labute approximate surface area is 211 Å². The first-order chi connectivity index (χ1) is 17.1. The number of hydrogen-bond acceptors (Lipinski definition) is 5. The number of aromatic nitrogens is 2. The number of alkyl halides is 3. The van der Waals surface area contributed by atoms with Gasteiger partial charge in [-0.3, -0.25) is 0 Å². The molecule has 0 atom stereocenters. The predicted molar refractivity (Wildman–Crippen MR) is 132 cm³/mol. The van der Waals surface area contributed by atoms with E-state index in [-0.39, 0.29) is 18.1 Å². The van der Waals surface area contributed by atoms with Crippen LogP contribution >= 0.6 is 11.6 Å². The second-order valence-corrected chi connectivity index (χ2v) is 10.7. The summed E-state index contributed by atoms with van der Waals surface area (Å²) in [5.41, 5.74) is 0.614. The molecule has 11 heteroatoms. The molecule has 0 N–H and O–H groups in total.